The van der Waals surface area contributed by atoms with Crippen LogP contribution in [-0.2, 0) is 32.6 Å². The summed E-state index contributed by atoms with van der Waals surface area (Å²) in [4.78, 5) is 31.0. The maximum absolute atomic E-state index is 14.6. The number of nitrogens with one attached hydrogen (secondary N) is 1. The highest BCUT2D eigenvalue weighted by atomic mass is 35.5. The number of thioether (sulfide) groups is 1. The van der Waals surface area contributed by atoms with Crippen molar-refractivity contribution in [2.45, 2.75) is 62.0 Å². The molecule has 248 valence electrons. The van der Waals surface area contributed by atoms with Gasteiger partial charge < -0.3 is 10.2 Å². The monoisotopic (exact) mass is 711 g/mol. The second kappa shape index (κ2) is 15.6. The largest absolute Gasteiger partial charge is 0.350 e. The van der Waals surface area contributed by atoms with E-state index in [-0.39, 0.29) is 23.8 Å². The maximum atomic E-state index is 14.6. The Bertz CT molecular complexity index is 1800. The minimum atomic E-state index is -4.21. The van der Waals surface area contributed by atoms with E-state index in [1.807, 2.05) is 64.3 Å². The van der Waals surface area contributed by atoms with Gasteiger partial charge in [-0.1, -0.05) is 77.3 Å². The fourth-order valence-corrected chi connectivity index (χ4v) is 7.25. The molecule has 0 bridgehead atoms. The van der Waals surface area contributed by atoms with Gasteiger partial charge in [0, 0.05) is 33.4 Å². The topological polar surface area (TPSA) is 86.8 Å². The Hall–Kier alpha value is -3.50. The van der Waals surface area contributed by atoms with Crippen molar-refractivity contribution in [1.29, 1.82) is 0 Å². The van der Waals surface area contributed by atoms with Crippen molar-refractivity contribution in [3.8, 4) is 0 Å². The third kappa shape index (κ3) is 9.76. The molecule has 4 aromatic carbocycles. The van der Waals surface area contributed by atoms with Gasteiger partial charge in [-0.2, -0.15) is 0 Å². The summed E-state index contributed by atoms with van der Waals surface area (Å²) in [5, 5.41) is 3.77. The molecule has 1 N–H and O–H groups in total. The molecule has 0 saturated heterocycles. The average molecular weight is 713 g/mol. The number of rotatable bonds is 12. The fraction of sp³-hybridized carbons (Fsp3) is 0.278. The molecule has 1 atom stereocenters. The molecule has 7 nitrogen and oxygen atoms in total. The Morgan fingerprint density at radius 3 is 2.11 bits per heavy atom. The van der Waals surface area contributed by atoms with Crippen LogP contribution in [0.5, 0.6) is 0 Å². The van der Waals surface area contributed by atoms with Gasteiger partial charge in [0.15, 0.2) is 0 Å². The first-order valence-electron chi connectivity index (χ1n) is 15.0. The van der Waals surface area contributed by atoms with Crippen LogP contribution in [0.3, 0.4) is 0 Å². The third-order valence-electron chi connectivity index (χ3n) is 7.37. The van der Waals surface area contributed by atoms with Crippen molar-refractivity contribution in [2.24, 2.45) is 0 Å². The molecule has 0 aromatic heterocycles. The Kier molecular flexibility index (Phi) is 12.1. The number of halogens is 2. The van der Waals surface area contributed by atoms with E-state index in [4.69, 9.17) is 23.2 Å². The minimum Gasteiger partial charge on any atom is -0.350 e. The highest BCUT2D eigenvalue weighted by molar-refractivity contribution is 7.98. The Labute approximate surface area is 292 Å². The van der Waals surface area contributed by atoms with Crippen LogP contribution in [0.25, 0.3) is 0 Å². The van der Waals surface area contributed by atoms with Crippen LogP contribution in [0.2, 0.25) is 10.0 Å². The summed E-state index contributed by atoms with van der Waals surface area (Å²) in [6, 6.07) is 26.8. The first kappa shape index (κ1) is 36.3. The first-order valence-corrected chi connectivity index (χ1v) is 18.4. The Morgan fingerprint density at radius 1 is 0.894 bits per heavy atom. The quantitative estimate of drug-likeness (QED) is 0.152. The predicted octanol–water partition coefficient (Wildman–Crippen LogP) is 7.77. The van der Waals surface area contributed by atoms with Gasteiger partial charge in [0.05, 0.1) is 10.6 Å². The third-order valence-corrected chi connectivity index (χ3v) is 10.5. The van der Waals surface area contributed by atoms with Crippen LogP contribution in [0.15, 0.2) is 107 Å². The van der Waals surface area contributed by atoms with Gasteiger partial charge in [-0.25, -0.2) is 8.42 Å². The number of benzene rings is 4. The SMILES string of the molecule is CSc1ccc(S(=O)(=O)N(CC(=O)N(Cc2ccc(Cl)cc2Cl)C(Cc2ccccc2)C(=O)NC(C)(C)C)c2ccc(C)cc2)cc1. The van der Waals surface area contributed by atoms with Gasteiger partial charge in [-0.15, -0.1) is 11.8 Å². The number of nitrogens with zero attached hydrogens (tertiary/aromatic N) is 2. The van der Waals surface area contributed by atoms with Crippen molar-refractivity contribution >= 4 is 62.5 Å². The van der Waals surface area contributed by atoms with Gasteiger partial charge >= 0.3 is 0 Å². The summed E-state index contributed by atoms with van der Waals surface area (Å²) < 4.78 is 29.6. The van der Waals surface area contributed by atoms with Gasteiger partial charge in [0.25, 0.3) is 10.0 Å². The van der Waals surface area contributed by atoms with E-state index in [1.54, 1.807) is 54.6 Å². The van der Waals surface area contributed by atoms with Crippen LogP contribution in [0, 0.1) is 6.92 Å². The van der Waals surface area contributed by atoms with Gasteiger partial charge in [0.1, 0.15) is 12.6 Å². The summed E-state index contributed by atoms with van der Waals surface area (Å²) in [7, 11) is -4.21. The summed E-state index contributed by atoms with van der Waals surface area (Å²) in [6.07, 6.45) is 2.09. The lowest BCUT2D eigenvalue weighted by Gasteiger charge is -2.35. The molecule has 4 rings (SSSR count). The second-order valence-electron chi connectivity index (χ2n) is 12.2. The van der Waals surface area contributed by atoms with Crippen LogP contribution in [0.1, 0.15) is 37.5 Å². The van der Waals surface area contributed by atoms with Gasteiger partial charge in [-0.3, -0.25) is 13.9 Å². The molecule has 0 aliphatic rings. The zero-order chi connectivity index (χ0) is 34.4. The molecule has 0 saturated carbocycles. The van der Waals surface area contributed by atoms with Crippen LogP contribution in [-0.4, -0.2) is 49.5 Å². The van der Waals surface area contributed by atoms with E-state index in [0.717, 1.165) is 20.3 Å². The molecule has 0 spiro atoms. The number of amides is 2. The molecule has 0 aliphatic carbocycles. The van der Waals surface area contributed by atoms with Crippen LogP contribution in [0.4, 0.5) is 5.69 Å². The lowest BCUT2D eigenvalue weighted by Crippen LogP contribution is -2.56. The number of hydrogen-bond acceptors (Lipinski definition) is 5. The zero-order valence-corrected chi connectivity index (χ0v) is 30.2. The highest BCUT2D eigenvalue weighted by Crippen LogP contribution is 2.28. The van der Waals surface area contributed by atoms with Crippen molar-refractivity contribution < 1.29 is 18.0 Å². The van der Waals surface area contributed by atoms with E-state index in [1.165, 1.54) is 28.8 Å². The van der Waals surface area contributed by atoms with Crippen molar-refractivity contribution in [3.63, 3.8) is 0 Å². The molecular weight excluding hydrogens is 673 g/mol. The van der Waals surface area contributed by atoms with Crippen molar-refractivity contribution in [2.75, 3.05) is 17.1 Å². The standard InChI is InChI=1S/C36H39Cl2N3O4S2/c1-25-11-15-29(16-12-25)41(47(44,45)31-19-17-30(46-5)18-20-31)24-34(42)40(23-27-13-14-28(37)22-32(27)38)33(35(43)39-36(2,3)4)21-26-9-7-6-8-10-26/h6-20,22,33H,21,23-24H2,1-5H3,(H,39,43). The molecule has 0 heterocycles. The molecule has 2 amide bonds. The van der Waals surface area contributed by atoms with E-state index in [9.17, 15) is 18.0 Å². The first-order chi connectivity index (χ1) is 22.2. The van der Waals surface area contributed by atoms with Crippen LogP contribution >= 0.6 is 35.0 Å². The summed E-state index contributed by atoms with van der Waals surface area (Å²) in [6.45, 7) is 6.86. The smallest absolute Gasteiger partial charge is 0.264 e. The molecule has 11 heteroatoms. The number of hydrogen-bond donors (Lipinski definition) is 1. The lowest BCUT2D eigenvalue weighted by molar-refractivity contribution is -0.140. The number of sulfonamides is 1. The normalized spacial score (nSPS) is 12.3. The molecular formula is C36H39Cl2N3O4S2. The van der Waals surface area contributed by atoms with E-state index in [0.29, 0.717) is 21.3 Å². The molecule has 0 radical (unpaired) electrons. The predicted molar refractivity (Wildman–Crippen MR) is 193 cm³/mol. The zero-order valence-electron chi connectivity index (χ0n) is 27.0. The maximum Gasteiger partial charge on any atom is 0.264 e. The average Bonchev–Trinajstić information content (AvgIpc) is 3.02. The molecule has 0 fully saturated rings. The van der Waals surface area contributed by atoms with Gasteiger partial charge in [0.2, 0.25) is 11.8 Å². The summed E-state index contributed by atoms with van der Waals surface area (Å²) in [5.74, 6) is -0.955. The molecule has 1 unspecified atom stereocenters. The van der Waals surface area contributed by atoms with Crippen molar-refractivity contribution in [3.05, 3.63) is 124 Å². The lowest BCUT2D eigenvalue weighted by atomic mass is 10.0. The fourth-order valence-electron chi connectivity index (χ4n) is 4.95. The summed E-state index contributed by atoms with van der Waals surface area (Å²) >= 11 is 14.3. The highest BCUT2D eigenvalue weighted by Gasteiger charge is 2.36. The second-order valence-corrected chi connectivity index (χ2v) is 15.8. The molecule has 47 heavy (non-hydrogen) atoms. The molecule has 0 aliphatic heterocycles. The number of anilines is 1. The number of aryl methyl sites for hydroxylation is 1. The van der Waals surface area contributed by atoms with Crippen molar-refractivity contribution in [1.82, 2.24) is 10.2 Å². The number of carbonyl (C=O) groups excluding carboxylic acids is 2. The molecule has 4 aromatic rings. The van der Waals surface area contributed by atoms with Gasteiger partial charge in [-0.05, 0) is 93.6 Å². The number of carbonyl (C=O) groups is 2. The van der Waals surface area contributed by atoms with E-state index < -0.39 is 34.1 Å². The van der Waals surface area contributed by atoms with Crippen LogP contribution < -0.4 is 9.62 Å². The Balaban J connectivity index is 1.83. The van der Waals surface area contributed by atoms with E-state index in [2.05, 4.69) is 5.32 Å². The summed E-state index contributed by atoms with van der Waals surface area (Å²) in [5.41, 5.74) is 2.05. The Morgan fingerprint density at radius 2 is 1.53 bits per heavy atom. The van der Waals surface area contributed by atoms with E-state index >= 15 is 0 Å². The minimum absolute atomic E-state index is 0.0438.